The van der Waals surface area contributed by atoms with Gasteiger partial charge in [-0.25, -0.2) is 0 Å². The van der Waals surface area contributed by atoms with Gasteiger partial charge in [0.1, 0.15) is 17.2 Å². The number of halogens is 1. The first-order valence-corrected chi connectivity index (χ1v) is 10.1. The molecule has 0 saturated carbocycles. The first-order valence-electron chi connectivity index (χ1n) is 9.71. The van der Waals surface area contributed by atoms with Crippen molar-refractivity contribution in [3.8, 4) is 34.0 Å². The monoisotopic (exact) mass is 418 g/mol. The van der Waals surface area contributed by atoms with Crippen molar-refractivity contribution in [3.05, 3.63) is 88.9 Å². The van der Waals surface area contributed by atoms with E-state index >= 15 is 0 Å². The van der Waals surface area contributed by atoms with Gasteiger partial charge in [-0.2, -0.15) is 5.10 Å². The summed E-state index contributed by atoms with van der Waals surface area (Å²) in [5.74, 6) is 1.47. The maximum Gasteiger partial charge on any atom is 0.128 e. The normalized spacial score (nSPS) is 10.8. The fraction of sp³-hybridized carbons (Fsp3) is 0.160. The average Bonchev–Trinajstić information content (AvgIpc) is 3.09. The minimum Gasteiger partial charge on any atom is -0.496 e. The molecule has 152 valence electrons. The molecule has 4 aromatic rings. The van der Waals surface area contributed by atoms with Crippen molar-refractivity contribution in [2.24, 2.45) is 0 Å². The van der Waals surface area contributed by atoms with Gasteiger partial charge in [-0.3, -0.25) is 4.68 Å². The average molecular weight is 419 g/mol. The predicted molar refractivity (Wildman–Crippen MR) is 121 cm³/mol. The van der Waals surface area contributed by atoms with Gasteiger partial charge in [-0.15, -0.1) is 0 Å². The van der Waals surface area contributed by atoms with Crippen molar-refractivity contribution < 1.29 is 9.47 Å². The molecule has 0 bridgehead atoms. The van der Waals surface area contributed by atoms with Gasteiger partial charge in [0.25, 0.3) is 0 Å². The van der Waals surface area contributed by atoms with Crippen molar-refractivity contribution in [2.75, 3.05) is 14.2 Å². The fourth-order valence-corrected chi connectivity index (χ4v) is 3.99. The van der Waals surface area contributed by atoms with Crippen LogP contribution in [0.25, 0.3) is 22.5 Å². The number of hydrogen-bond acceptors (Lipinski definition) is 3. The van der Waals surface area contributed by atoms with Gasteiger partial charge < -0.3 is 9.47 Å². The van der Waals surface area contributed by atoms with E-state index in [4.69, 9.17) is 26.2 Å². The highest BCUT2D eigenvalue weighted by Crippen LogP contribution is 2.42. The number of aryl methyl sites for hydroxylation is 1. The van der Waals surface area contributed by atoms with Crippen LogP contribution in [0.4, 0.5) is 0 Å². The molecule has 0 N–H and O–H groups in total. The SMILES string of the molecule is COc1ccccc1-c1nn(Cc2cccc(C)c2)c(-c2ccccc2OC)c1Cl. The smallest absolute Gasteiger partial charge is 0.128 e. The molecule has 3 aromatic carbocycles. The molecule has 0 spiro atoms. The molecule has 0 aliphatic carbocycles. The highest BCUT2D eigenvalue weighted by Gasteiger charge is 2.23. The molecule has 0 aliphatic heterocycles. The van der Waals surface area contributed by atoms with Crippen molar-refractivity contribution in [3.63, 3.8) is 0 Å². The highest BCUT2D eigenvalue weighted by molar-refractivity contribution is 6.35. The van der Waals surface area contributed by atoms with E-state index in [2.05, 4.69) is 31.2 Å². The topological polar surface area (TPSA) is 36.3 Å². The van der Waals surface area contributed by atoms with Crippen LogP contribution in [-0.4, -0.2) is 24.0 Å². The van der Waals surface area contributed by atoms with Crippen LogP contribution in [0.3, 0.4) is 0 Å². The number of methoxy groups -OCH3 is 2. The largest absolute Gasteiger partial charge is 0.496 e. The van der Waals surface area contributed by atoms with Crippen molar-refractivity contribution in [2.45, 2.75) is 13.5 Å². The van der Waals surface area contributed by atoms with E-state index in [1.807, 2.05) is 53.2 Å². The van der Waals surface area contributed by atoms with Gasteiger partial charge in [0.15, 0.2) is 0 Å². The number of benzene rings is 3. The molecular formula is C25H23ClN2O2. The zero-order chi connectivity index (χ0) is 21.1. The fourth-order valence-electron chi connectivity index (χ4n) is 3.65. The van der Waals surface area contributed by atoms with E-state index in [1.165, 1.54) is 5.56 Å². The molecule has 0 amide bonds. The zero-order valence-electron chi connectivity index (χ0n) is 17.2. The zero-order valence-corrected chi connectivity index (χ0v) is 18.0. The number of hydrogen-bond donors (Lipinski definition) is 0. The highest BCUT2D eigenvalue weighted by atomic mass is 35.5. The van der Waals surface area contributed by atoms with Crippen LogP contribution in [0, 0.1) is 6.92 Å². The summed E-state index contributed by atoms with van der Waals surface area (Å²) in [6, 6.07) is 24.0. The van der Waals surface area contributed by atoms with E-state index < -0.39 is 0 Å². The van der Waals surface area contributed by atoms with Gasteiger partial charge in [0, 0.05) is 11.1 Å². The summed E-state index contributed by atoms with van der Waals surface area (Å²) in [4.78, 5) is 0. The van der Waals surface area contributed by atoms with E-state index in [1.54, 1.807) is 14.2 Å². The van der Waals surface area contributed by atoms with E-state index in [0.717, 1.165) is 33.9 Å². The molecule has 1 aromatic heterocycles. The molecule has 1 heterocycles. The third-order valence-electron chi connectivity index (χ3n) is 5.03. The maximum absolute atomic E-state index is 6.96. The van der Waals surface area contributed by atoms with Crippen molar-refractivity contribution in [1.29, 1.82) is 0 Å². The molecule has 4 rings (SSSR count). The predicted octanol–water partition coefficient (Wildman–Crippen LogP) is 6.24. The van der Waals surface area contributed by atoms with E-state index in [-0.39, 0.29) is 0 Å². The quantitative estimate of drug-likeness (QED) is 0.371. The Kier molecular flexibility index (Phi) is 5.77. The maximum atomic E-state index is 6.96. The van der Waals surface area contributed by atoms with Crippen LogP contribution >= 0.6 is 11.6 Å². The summed E-state index contributed by atoms with van der Waals surface area (Å²) in [6.07, 6.45) is 0. The lowest BCUT2D eigenvalue weighted by molar-refractivity contribution is 0.416. The standard InChI is InChI=1S/C25H23ClN2O2/c1-17-9-8-10-18(15-17)16-28-25(20-12-5-7-14-22(20)30-3)23(26)24(27-28)19-11-4-6-13-21(19)29-2/h4-15H,16H2,1-3H3. The number of para-hydroxylation sites is 2. The van der Waals surface area contributed by atoms with Gasteiger partial charge in [0.05, 0.1) is 31.5 Å². The number of rotatable bonds is 6. The Balaban J connectivity index is 1.93. The lowest BCUT2D eigenvalue weighted by atomic mass is 10.1. The van der Waals surface area contributed by atoms with Crippen molar-refractivity contribution >= 4 is 11.6 Å². The Morgan fingerprint density at radius 2 is 1.47 bits per heavy atom. The van der Waals surface area contributed by atoms with Crippen molar-refractivity contribution in [1.82, 2.24) is 9.78 Å². The number of aromatic nitrogens is 2. The molecule has 0 atom stereocenters. The third-order valence-corrected chi connectivity index (χ3v) is 5.39. The molecule has 30 heavy (non-hydrogen) atoms. The minimum atomic E-state index is 0.566. The minimum absolute atomic E-state index is 0.566. The lowest BCUT2D eigenvalue weighted by Crippen LogP contribution is -2.05. The summed E-state index contributed by atoms with van der Waals surface area (Å²) in [5, 5.41) is 5.48. The Morgan fingerprint density at radius 3 is 2.13 bits per heavy atom. The summed E-state index contributed by atoms with van der Waals surface area (Å²) in [6.45, 7) is 2.67. The van der Waals surface area contributed by atoms with Crippen LogP contribution < -0.4 is 9.47 Å². The van der Waals surface area contributed by atoms with Crippen LogP contribution in [0.15, 0.2) is 72.8 Å². The summed E-state index contributed by atoms with van der Waals surface area (Å²) >= 11 is 6.96. The third kappa shape index (κ3) is 3.79. The van der Waals surface area contributed by atoms with Crippen LogP contribution in [0.1, 0.15) is 11.1 Å². The first-order chi connectivity index (χ1) is 14.6. The van der Waals surface area contributed by atoms with E-state index in [9.17, 15) is 0 Å². The second-order valence-corrected chi connectivity index (χ2v) is 7.44. The Hall–Kier alpha value is -3.24. The summed E-state index contributed by atoms with van der Waals surface area (Å²) < 4.78 is 13.1. The second kappa shape index (κ2) is 8.64. The van der Waals surface area contributed by atoms with Crippen LogP contribution in [0.5, 0.6) is 11.5 Å². The molecule has 0 radical (unpaired) electrons. The first kappa shape index (κ1) is 20.0. The van der Waals surface area contributed by atoms with Gasteiger partial charge in [-0.05, 0) is 36.8 Å². The Labute approximate surface area is 181 Å². The van der Waals surface area contributed by atoms with Gasteiger partial charge in [-0.1, -0.05) is 65.7 Å². The molecule has 0 unspecified atom stereocenters. The molecule has 0 aliphatic rings. The Bertz CT molecular complexity index is 1180. The number of nitrogens with zero attached hydrogens (tertiary/aromatic N) is 2. The Morgan fingerprint density at radius 1 is 0.833 bits per heavy atom. The molecule has 0 saturated heterocycles. The molecular weight excluding hydrogens is 396 g/mol. The molecule has 0 fully saturated rings. The second-order valence-electron chi connectivity index (χ2n) is 7.06. The van der Waals surface area contributed by atoms with Crippen LogP contribution in [0.2, 0.25) is 5.02 Å². The summed E-state index contributed by atoms with van der Waals surface area (Å²) in [7, 11) is 3.31. The lowest BCUT2D eigenvalue weighted by Gasteiger charge is -2.12. The molecule has 4 nitrogen and oxygen atoms in total. The van der Waals surface area contributed by atoms with Crippen LogP contribution in [-0.2, 0) is 6.54 Å². The van der Waals surface area contributed by atoms with Gasteiger partial charge in [0.2, 0.25) is 0 Å². The number of ether oxygens (including phenoxy) is 2. The molecule has 5 heteroatoms. The van der Waals surface area contributed by atoms with E-state index in [0.29, 0.717) is 17.3 Å². The van der Waals surface area contributed by atoms with Gasteiger partial charge >= 0.3 is 0 Å². The summed E-state index contributed by atoms with van der Waals surface area (Å²) in [5.41, 5.74) is 5.60.